The number of oxazole rings is 1. The van der Waals surface area contributed by atoms with Crippen LogP contribution < -0.4 is 5.32 Å². The number of rotatable bonds is 6. The molecule has 3 unspecified atom stereocenters. The fourth-order valence-corrected chi connectivity index (χ4v) is 2.95. The van der Waals surface area contributed by atoms with Crippen LogP contribution in [0.5, 0.6) is 0 Å². The van der Waals surface area contributed by atoms with E-state index in [-0.39, 0.29) is 29.6 Å². The molecule has 0 aliphatic carbocycles. The summed E-state index contributed by atoms with van der Waals surface area (Å²) >= 11 is 0. The lowest BCUT2D eigenvalue weighted by molar-refractivity contribution is 0.0842. The predicted molar refractivity (Wildman–Crippen MR) is 87.3 cm³/mol. The molecule has 2 N–H and O–H groups in total. The molecule has 1 aromatic heterocycles. The van der Waals surface area contributed by atoms with E-state index in [0.29, 0.717) is 24.4 Å². The number of amides is 1. The lowest BCUT2D eigenvalue weighted by Crippen LogP contribution is -2.34. The van der Waals surface area contributed by atoms with Gasteiger partial charge in [0.05, 0.1) is 6.10 Å². The van der Waals surface area contributed by atoms with E-state index in [1.807, 2.05) is 0 Å². The molecule has 0 bridgehead atoms. The van der Waals surface area contributed by atoms with Crippen LogP contribution in [-0.2, 0) is 4.74 Å². The molecule has 1 fully saturated rings. The second-order valence-corrected chi connectivity index (χ2v) is 6.24. The molecule has 3 rings (SSSR count). The van der Waals surface area contributed by atoms with Crippen LogP contribution in [0.25, 0.3) is 0 Å². The Hall–Kier alpha value is -2.25. The molecule has 1 amide bonds. The number of hydrogen-bond donors (Lipinski definition) is 2. The van der Waals surface area contributed by atoms with Crippen LogP contribution in [0.4, 0.5) is 4.39 Å². The van der Waals surface area contributed by atoms with Crippen molar-refractivity contribution >= 4 is 5.91 Å². The SMILES string of the molecule is CC(CC(O)c1ccc(F)cc1)NC(=O)c1ncoc1C1CCCO1. The topological polar surface area (TPSA) is 84.6 Å². The van der Waals surface area contributed by atoms with Crippen molar-refractivity contribution in [2.45, 2.75) is 44.4 Å². The van der Waals surface area contributed by atoms with Gasteiger partial charge in [-0.3, -0.25) is 4.79 Å². The summed E-state index contributed by atoms with van der Waals surface area (Å²) in [5.74, 6) is -0.274. The zero-order chi connectivity index (χ0) is 17.8. The van der Waals surface area contributed by atoms with E-state index in [9.17, 15) is 14.3 Å². The highest BCUT2D eigenvalue weighted by Gasteiger charge is 2.28. The van der Waals surface area contributed by atoms with Crippen LogP contribution in [0.1, 0.15) is 60.2 Å². The second kappa shape index (κ2) is 7.76. The van der Waals surface area contributed by atoms with Crippen LogP contribution in [-0.4, -0.2) is 28.6 Å². The zero-order valence-electron chi connectivity index (χ0n) is 13.9. The highest BCUT2D eigenvalue weighted by Crippen LogP contribution is 2.30. The molecule has 0 radical (unpaired) electrons. The van der Waals surface area contributed by atoms with Crippen molar-refractivity contribution in [3.8, 4) is 0 Å². The van der Waals surface area contributed by atoms with Crippen molar-refractivity contribution in [3.63, 3.8) is 0 Å². The second-order valence-electron chi connectivity index (χ2n) is 6.24. The van der Waals surface area contributed by atoms with Crippen molar-refractivity contribution in [1.29, 1.82) is 0 Å². The first-order chi connectivity index (χ1) is 12.0. The molecule has 0 saturated carbocycles. The third-order valence-electron chi connectivity index (χ3n) is 4.24. The minimum Gasteiger partial charge on any atom is -0.445 e. The number of aromatic nitrogens is 1. The fourth-order valence-electron chi connectivity index (χ4n) is 2.95. The van der Waals surface area contributed by atoms with Crippen molar-refractivity contribution in [2.24, 2.45) is 0 Å². The molecule has 2 aromatic rings. The standard InChI is InChI=1S/C18H21FN2O4/c1-11(9-14(22)12-4-6-13(19)7-5-12)21-18(23)16-17(25-10-20-16)15-3-2-8-24-15/h4-7,10-11,14-15,22H,2-3,8-9H2,1H3,(H,21,23). The Labute approximate surface area is 145 Å². The third-order valence-corrected chi connectivity index (χ3v) is 4.24. The van der Waals surface area contributed by atoms with E-state index < -0.39 is 6.10 Å². The largest absolute Gasteiger partial charge is 0.445 e. The van der Waals surface area contributed by atoms with Crippen LogP contribution in [0.2, 0.25) is 0 Å². The summed E-state index contributed by atoms with van der Waals surface area (Å²) < 4.78 is 23.8. The van der Waals surface area contributed by atoms with Gasteiger partial charge in [-0.25, -0.2) is 9.37 Å². The summed E-state index contributed by atoms with van der Waals surface area (Å²) in [5, 5.41) is 13.0. The van der Waals surface area contributed by atoms with Gasteiger partial charge in [-0.05, 0) is 43.9 Å². The molecule has 3 atom stereocenters. The number of hydrogen-bond acceptors (Lipinski definition) is 5. The van der Waals surface area contributed by atoms with Gasteiger partial charge in [0.15, 0.2) is 17.8 Å². The van der Waals surface area contributed by atoms with Crippen molar-refractivity contribution in [1.82, 2.24) is 10.3 Å². The van der Waals surface area contributed by atoms with Crippen LogP contribution >= 0.6 is 0 Å². The number of carbonyl (C=O) groups excluding carboxylic acids is 1. The number of nitrogens with one attached hydrogen (secondary N) is 1. The monoisotopic (exact) mass is 348 g/mol. The average molecular weight is 348 g/mol. The van der Waals surface area contributed by atoms with Gasteiger partial charge in [0.2, 0.25) is 0 Å². The van der Waals surface area contributed by atoms with Crippen molar-refractivity contribution < 1.29 is 23.4 Å². The van der Waals surface area contributed by atoms with Gasteiger partial charge in [-0.2, -0.15) is 0 Å². The minimum absolute atomic E-state index is 0.218. The highest BCUT2D eigenvalue weighted by atomic mass is 19.1. The molecule has 2 heterocycles. The average Bonchev–Trinajstić information content (AvgIpc) is 3.26. The molecule has 1 saturated heterocycles. The Morgan fingerprint density at radius 1 is 1.44 bits per heavy atom. The molecular formula is C18H21FN2O4. The van der Waals surface area contributed by atoms with Gasteiger partial charge in [0.1, 0.15) is 11.9 Å². The summed E-state index contributed by atoms with van der Waals surface area (Å²) in [6.07, 6.45) is 2.23. The summed E-state index contributed by atoms with van der Waals surface area (Å²) in [6, 6.07) is 5.35. The van der Waals surface area contributed by atoms with Gasteiger partial charge in [-0.15, -0.1) is 0 Å². The lowest BCUT2D eigenvalue weighted by Gasteiger charge is -2.18. The number of nitrogens with zero attached hydrogens (tertiary/aromatic N) is 1. The van der Waals surface area contributed by atoms with E-state index in [1.165, 1.54) is 30.7 Å². The molecule has 1 aliphatic rings. The number of ether oxygens (including phenoxy) is 1. The van der Waals surface area contributed by atoms with E-state index in [1.54, 1.807) is 6.92 Å². The predicted octanol–water partition coefficient (Wildman–Crippen LogP) is 2.91. The maximum absolute atomic E-state index is 12.9. The smallest absolute Gasteiger partial charge is 0.273 e. The lowest BCUT2D eigenvalue weighted by atomic mass is 10.0. The molecule has 6 nitrogen and oxygen atoms in total. The van der Waals surface area contributed by atoms with Gasteiger partial charge >= 0.3 is 0 Å². The summed E-state index contributed by atoms with van der Waals surface area (Å²) in [5.41, 5.74) is 0.819. The number of benzene rings is 1. The first kappa shape index (κ1) is 17.6. The molecule has 1 aromatic carbocycles. The van der Waals surface area contributed by atoms with Gasteiger partial charge in [0.25, 0.3) is 5.91 Å². The molecule has 7 heteroatoms. The Morgan fingerprint density at radius 2 is 2.20 bits per heavy atom. The maximum Gasteiger partial charge on any atom is 0.273 e. The fraction of sp³-hybridized carbons (Fsp3) is 0.444. The van der Waals surface area contributed by atoms with Gasteiger partial charge in [0, 0.05) is 12.6 Å². The quantitative estimate of drug-likeness (QED) is 0.838. The third kappa shape index (κ3) is 4.24. The Kier molecular flexibility index (Phi) is 5.45. The van der Waals surface area contributed by atoms with Crippen LogP contribution in [0, 0.1) is 5.82 Å². The summed E-state index contributed by atoms with van der Waals surface area (Å²) in [7, 11) is 0. The number of aliphatic hydroxyl groups is 1. The van der Waals surface area contributed by atoms with Gasteiger partial charge in [-0.1, -0.05) is 12.1 Å². The Morgan fingerprint density at radius 3 is 2.88 bits per heavy atom. The first-order valence-corrected chi connectivity index (χ1v) is 8.34. The van der Waals surface area contributed by atoms with E-state index in [2.05, 4.69) is 10.3 Å². The van der Waals surface area contributed by atoms with E-state index in [0.717, 1.165) is 12.8 Å². The number of aliphatic hydroxyl groups excluding tert-OH is 1. The Bertz CT molecular complexity index is 710. The van der Waals surface area contributed by atoms with Crippen LogP contribution in [0.15, 0.2) is 35.1 Å². The minimum atomic E-state index is -0.800. The molecule has 25 heavy (non-hydrogen) atoms. The number of carbonyl (C=O) groups is 1. The molecular weight excluding hydrogens is 327 g/mol. The van der Waals surface area contributed by atoms with Crippen molar-refractivity contribution in [3.05, 3.63) is 53.5 Å². The highest BCUT2D eigenvalue weighted by molar-refractivity contribution is 5.93. The molecule has 134 valence electrons. The first-order valence-electron chi connectivity index (χ1n) is 8.34. The number of halogens is 1. The maximum atomic E-state index is 12.9. The van der Waals surface area contributed by atoms with E-state index in [4.69, 9.17) is 9.15 Å². The zero-order valence-corrected chi connectivity index (χ0v) is 13.9. The Balaban J connectivity index is 1.59. The normalized spacial score (nSPS) is 19.6. The summed E-state index contributed by atoms with van der Waals surface area (Å²) in [6.45, 7) is 2.43. The van der Waals surface area contributed by atoms with E-state index >= 15 is 0 Å². The molecule has 0 spiro atoms. The summed E-state index contributed by atoms with van der Waals surface area (Å²) in [4.78, 5) is 16.4. The van der Waals surface area contributed by atoms with Crippen molar-refractivity contribution in [2.75, 3.05) is 6.61 Å². The van der Waals surface area contributed by atoms with Crippen LogP contribution in [0.3, 0.4) is 0 Å². The molecule has 1 aliphatic heterocycles. The van der Waals surface area contributed by atoms with Gasteiger partial charge < -0.3 is 19.6 Å².